The van der Waals surface area contributed by atoms with Crippen LogP contribution in [0.1, 0.15) is 30.9 Å². The second-order valence-corrected chi connectivity index (χ2v) is 6.78. The molecule has 0 amide bonds. The lowest BCUT2D eigenvalue weighted by atomic mass is 10.1. The number of benzene rings is 1. The minimum absolute atomic E-state index is 0.185. The van der Waals surface area contributed by atoms with Gasteiger partial charge in [-0.15, -0.1) is 0 Å². The number of aliphatic hydroxyl groups excluding tert-OH is 1. The molecule has 0 heterocycles. The van der Waals surface area contributed by atoms with E-state index in [9.17, 15) is 8.42 Å². The molecule has 0 unspecified atom stereocenters. The van der Waals surface area contributed by atoms with Crippen molar-refractivity contribution in [3.8, 4) is 11.8 Å². The second kappa shape index (κ2) is 8.05. The summed E-state index contributed by atoms with van der Waals surface area (Å²) in [6.07, 6.45) is 1.54. The van der Waals surface area contributed by atoms with Crippen molar-refractivity contribution in [2.24, 2.45) is 0 Å². The first kappa shape index (κ1) is 16.7. The smallest absolute Gasteiger partial charge is 0.214 e. The molecule has 0 radical (unpaired) electrons. The molecule has 0 saturated heterocycles. The van der Waals surface area contributed by atoms with Crippen molar-refractivity contribution >= 4 is 10.0 Å². The largest absolute Gasteiger partial charge is 0.384 e. The summed E-state index contributed by atoms with van der Waals surface area (Å²) in [5.41, 5.74) is 1.66. The Bertz CT molecular complexity index is 585. The highest BCUT2D eigenvalue weighted by atomic mass is 32.2. The van der Waals surface area contributed by atoms with Crippen LogP contribution >= 0.6 is 0 Å². The van der Waals surface area contributed by atoms with E-state index in [4.69, 9.17) is 5.11 Å². The molecule has 0 fully saturated rings. The van der Waals surface area contributed by atoms with Gasteiger partial charge in [-0.1, -0.05) is 37.3 Å². The lowest BCUT2D eigenvalue weighted by Crippen LogP contribution is -2.28. The van der Waals surface area contributed by atoms with Crippen LogP contribution in [0, 0.1) is 11.8 Å². The molecule has 0 aromatic heterocycles. The Morgan fingerprint density at radius 3 is 2.75 bits per heavy atom. The molecule has 20 heavy (non-hydrogen) atoms. The molecular formula is C15H21NO3S. The number of hydrogen-bond donors (Lipinski definition) is 1. The van der Waals surface area contributed by atoms with E-state index in [0.29, 0.717) is 13.0 Å². The average Bonchev–Trinajstić information content (AvgIpc) is 2.43. The molecule has 0 spiro atoms. The Balaban J connectivity index is 2.77. The molecule has 1 N–H and O–H groups in total. The van der Waals surface area contributed by atoms with Crippen LogP contribution in [0.15, 0.2) is 24.3 Å². The first-order valence-electron chi connectivity index (χ1n) is 6.62. The predicted molar refractivity (Wildman–Crippen MR) is 80.6 cm³/mol. The summed E-state index contributed by atoms with van der Waals surface area (Å²) in [7, 11) is -1.60. The van der Waals surface area contributed by atoms with E-state index in [0.717, 1.165) is 17.5 Å². The minimum Gasteiger partial charge on any atom is -0.384 e. The molecule has 0 aliphatic rings. The fourth-order valence-electron chi connectivity index (χ4n) is 1.73. The normalized spacial score (nSPS) is 11.2. The number of sulfonamides is 1. The highest BCUT2D eigenvalue weighted by Gasteiger charge is 2.17. The lowest BCUT2D eigenvalue weighted by Gasteiger charge is -2.17. The fourth-order valence-corrected chi connectivity index (χ4v) is 3.04. The highest BCUT2D eigenvalue weighted by molar-refractivity contribution is 7.89. The quantitative estimate of drug-likeness (QED) is 0.811. The molecule has 0 aliphatic heterocycles. The SMILES string of the molecule is CCCCS(=O)(=O)N(C)Cc1cccc(C#CCO)c1. The third-order valence-electron chi connectivity index (χ3n) is 2.87. The van der Waals surface area contributed by atoms with E-state index in [1.165, 1.54) is 4.31 Å². The summed E-state index contributed by atoms with van der Waals surface area (Å²) >= 11 is 0. The van der Waals surface area contributed by atoms with Gasteiger partial charge in [0.05, 0.1) is 5.75 Å². The van der Waals surface area contributed by atoms with Crippen LogP contribution in [0.3, 0.4) is 0 Å². The van der Waals surface area contributed by atoms with Crippen LogP contribution in [0.4, 0.5) is 0 Å². The number of rotatable bonds is 6. The van der Waals surface area contributed by atoms with Crippen molar-refractivity contribution in [1.82, 2.24) is 4.31 Å². The average molecular weight is 295 g/mol. The highest BCUT2D eigenvalue weighted by Crippen LogP contribution is 2.11. The second-order valence-electron chi connectivity index (χ2n) is 4.59. The summed E-state index contributed by atoms with van der Waals surface area (Å²) < 4.78 is 25.4. The van der Waals surface area contributed by atoms with Crippen molar-refractivity contribution in [3.63, 3.8) is 0 Å². The van der Waals surface area contributed by atoms with Crippen molar-refractivity contribution in [1.29, 1.82) is 0 Å². The van der Waals surface area contributed by atoms with Crippen molar-refractivity contribution < 1.29 is 13.5 Å². The van der Waals surface area contributed by atoms with E-state index in [1.54, 1.807) is 7.05 Å². The summed E-state index contributed by atoms with van der Waals surface area (Å²) in [6.45, 7) is 2.12. The molecule has 0 aliphatic carbocycles. The maximum absolute atomic E-state index is 12.0. The van der Waals surface area contributed by atoms with Crippen LogP contribution in [-0.2, 0) is 16.6 Å². The van der Waals surface area contributed by atoms with Gasteiger partial charge in [-0.2, -0.15) is 0 Å². The molecule has 1 rings (SSSR count). The van der Waals surface area contributed by atoms with E-state index in [2.05, 4.69) is 11.8 Å². The monoisotopic (exact) mass is 295 g/mol. The van der Waals surface area contributed by atoms with Crippen LogP contribution in [-0.4, -0.2) is 37.2 Å². The van der Waals surface area contributed by atoms with Gasteiger partial charge in [-0.3, -0.25) is 0 Å². The van der Waals surface area contributed by atoms with Gasteiger partial charge in [0.15, 0.2) is 0 Å². The topological polar surface area (TPSA) is 57.6 Å². The van der Waals surface area contributed by atoms with E-state index < -0.39 is 10.0 Å². The van der Waals surface area contributed by atoms with Crippen LogP contribution < -0.4 is 0 Å². The molecule has 1 aromatic carbocycles. The van der Waals surface area contributed by atoms with E-state index in [-0.39, 0.29) is 12.4 Å². The van der Waals surface area contributed by atoms with Gasteiger partial charge >= 0.3 is 0 Å². The molecule has 0 saturated carbocycles. The lowest BCUT2D eigenvalue weighted by molar-refractivity contribution is 0.350. The van der Waals surface area contributed by atoms with Crippen molar-refractivity contribution in [2.75, 3.05) is 19.4 Å². The van der Waals surface area contributed by atoms with Gasteiger partial charge in [-0.05, 0) is 24.1 Å². The zero-order chi connectivity index (χ0) is 15.0. The summed E-state index contributed by atoms with van der Waals surface area (Å²) in [5, 5.41) is 8.67. The van der Waals surface area contributed by atoms with Crippen molar-refractivity contribution in [3.05, 3.63) is 35.4 Å². The van der Waals surface area contributed by atoms with E-state index >= 15 is 0 Å². The van der Waals surface area contributed by atoms with Crippen LogP contribution in [0.2, 0.25) is 0 Å². The zero-order valence-electron chi connectivity index (χ0n) is 12.0. The first-order chi connectivity index (χ1) is 9.49. The first-order valence-corrected chi connectivity index (χ1v) is 8.23. The Hall–Kier alpha value is -1.35. The van der Waals surface area contributed by atoms with Gasteiger partial charge in [-0.25, -0.2) is 12.7 Å². The summed E-state index contributed by atoms with van der Waals surface area (Å²) in [6, 6.07) is 7.38. The molecule has 110 valence electrons. The molecule has 5 heteroatoms. The number of aliphatic hydroxyl groups is 1. The fraction of sp³-hybridized carbons (Fsp3) is 0.467. The van der Waals surface area contributed by atoms with Crippen LogP contribution in [0.25, 0.3) is 0 Å². The molecule has 0 bridgehead atoms. The molecular weight excluding hydrogens is 274 g/mol. The van der Waals surface area contributed by atoms with Gasteiger partial charge in [0.25, 0.3) is 0 Å². The van der Waals surface area contributed by atoms with Gasteiger partial charge in [0.2, 0.25) is 10.0 Å². The number of nitrogens with zero attached hydrogens (tertiary/aromatic N) is 1. The maximum Gasteiger partial charge on any atom is 0.214 e. The van der Waals surface area contributed by atoms with Gasteiger partial charge < -0.3 is 5.11 Å². The van der Waals surface area contributed by atoms with Crippen LogP contribution in [0.5, 0.6) is 0 Å². The standard InChI is InChI=1S/C15H21NO3S/c1-3-4-11-20(18,19)16(2)13-15-8-5-7-14(12-15)9-6-10-17/h5,7-8,12,17H,3-4,10-11,13H2,1-2H3. The number of hydrogen-bond acceptors (Lipinski definition) is 3. The third kappa shape index (κ3) is 5.33. The third-order valence-corrected chi connectivity index (χ3v) is 4.76. The van der Waals surface area contributed by atoms with E-state index in [1.807, 2.05) is 31.2 Å². The van der Waals surface area contributed by atoms with Gasteiger partial charge in [0, 0.05) is 19.2 Å². The predicted octanol–water partition coefficient (Wildman–Crippen LogP) is 1.59. The Kier molecular flexibility index (Phi) is 6.73. The Labute approximate surface area is 121 Å². The summed E-state index contributed by atoms with van der Waals surface area (Å²) in [5.74, 6) is 5.57. The summed E-state index contributed by atoms with van der Waals surface area (Å²) in [4.78, 5) is 0. The number of unbranched alkanes of at least 4 members (excludes halogenated alkanes) is 1. The van der Waals surface area contributed by atoms with Crippen molar-refractivity contribution in [2.45, 2.75) is 26.3 Å². The van der Waals surface area contributed by atoms with Gasteiger partial charge in [0.1, 0.15) is 6.61 Å². The molecule has 0 atom stereocenters. The minimum atomic E-state index is -3.19. The Morgan fingerprint density at radius 2 is 2.10 bits per heavy atom. The Morgan fingerprint density at radius 1 is 1.35 bits per heavy atom. The molecule has 1 aromatic rings. The zero-order valence-corrected chi connectivity index (χ0v) is 12.8. The maximum atomic E-state index is 12.0. The molecule has 4 nitrogen and oxygen atoms in total.